The molecule has 20 heavy (non-hydrogen) atoms. The minimum atomic E-state index is 0.152. The van der Waals surface area contributed by atoms with Gasteiger partial charge >= 0.3 is 0 Å². The maximum atomic E-state index is 5.65. The van der Waals surface area contributed by atoms with Crippen LogP contribution in [0.4, 0.5) is 0 Å². The van der Waals surface area contributed by atoms with Crippen LogP contribution in [-0.2, 0) is 0 Å². The molecule has 108 valence electrons. The van der Waals surface area contributed by atoms with Crippen LogP contribution in [-0.4, -0.2) is 14.2 Å². The van der Waals surface area contributed by atoms with Gasteiger partial charge in [0.1, 0.15) is 5.75 Å². The summed E-state index contributed by atoms with van der Waals surface area (Å²) in [6, 6.07) is 6.70. The predicted octanol–water partition coefficient (Wildman–Crippen LogP) is 4.75. The first kappa shape index (κ1) is 15.5. The zero-order valence-electron chi connectivity index (χ0n) is 12.5. The summed E-state index contributed by atoms with van der Waals surface area (Å²) in [7, 11) is 3.73. The summed E-state index contributed by atoms with van der Waals surface area (Å²) in [4.78, 5) is 1.29. The number of methoxy groups -OCH3 is 1. The molecule has 0 saturated carbocycles. The monoisotopic (exact) mass is 353 g/mol. The molecule has 1 unspecified atom stereocenters. The molecule has 4 heteroatoms. The minimum absolute atomic E-state index is 0.152. The van der Waals surface area contributed by atoms with Gasteiger partial charge in [0.2, 0.25) is 0 Å². The molecule has 0 radical (unpaired) electrons. The van der Waals surface area contributed by atoms with E-state index in [1.807, 2.05) is 7.05 Å². The summed E-state index contributed by atoms with van der Waals surface area (Å²) in [6.07, 6.45) is 0. The van der Waals surface area contributed by atoms with Crippen LogP contribution in [0.3, 0.4) is 0 Å². The van der Waals surface area contributed by atoms with E-state index < -0.39 is 0 Å². The maximum Gasteiger partial charge on any atom is 0.127 e. The molecule has 0 aliphatic rings. The molecule has 0 amide bonds. The molecule has 2 nitrogen and oxygen atoms in total. The highest BCUT2D eigenvalue weighted by atomic mass is 79.9. The fourth-order valence-corrected chi connectivity index (χ4v) is 4.09. The van der Waals surface area contributed by atoms with E-state index in [9.17, 15) is 0 Å². The highest BCUT2D eigenvalue weighted by Gasteiger charge is 2.21. The van der Waals surface area contributed by atoms with Crippen LogP contribution in [0.15, 0.2) is 22.0 Å². The van der Waals surface area contributed by atoms with Crippen molar-refractivity contribution in [2.75, 3.05) is 14.2 Å². The topological polar surface area (TPSA) is 21.3 Å². The lowest BCUT2D eigenvalue weighted by Gasteiger charge is -2.20. The van der Waals surface area contributed by atoms with Crippen molar-refractivity contribution in [3.05, 3.63) is 49.1 Å². The highest BCUT2D eigenvalue weighted by Crippen LogP contribution is 2.38. The molecule has 0 spiro atoms. The molecule has 0 fully saturated rings. The van der Waals surface area contributed by atoms with E-state index >= 15 is 0 Å². The maximum absolute atomic E-state index is 5.65. The SMILES string of the molecule is CNC(c1cc(C)c(Br)s1)c1ccc(C)c(C)c1OC. The van der Waals surface area contributed by atoms with Crippen molar-refractivity contribution >= 4 is 27.3 Å². The molecule has 0 saturated heterocycles. The van der Waals surface area contributed by atoms with Crippen molar-refractivity contribution in [1.29, 1.82) is 0 Å². The lowest BCUT2D eigenvalue weighted by atomic mass is 9.98. The summed E-state index contributed by atoms with van der Waals surface area (Å²) >= 11 is 5.38. The van der Waals surface area contributed by atoms with E-state index in [0.717, 1.165) is 5.75 Å². The van der Waals surface area contributed by atoms with Crippen molar-refractivity contribution in [3.8, 4) is 5.75 Å². The second-order valence-electron chi connectivity index (χ2n) is 4.96. The van der Waals surface area contributed by atoms with Crippen molar-refractivity contribution < 1.29 is 4.74 Å². The van der Waals surface area contributed by atoms with Gasteiger partial charge in [-0.1, -0.05) is 12.1 Å². The van der Waals surface area contributed by atoms with Crippen molar-refractivity contribution in [1.82, 2.24) is 5.32 Å². The van der Waals surface area contributed by atoms with Gasteiger partial charge in [0.15, 0.2) is 0 Å². The van der Waals surface area contributed by atoms with Crippen molar-refractivity contribution in [2.24, 2.45) is 0 Å². The summed E-state index contributed by atoms with van der Waals surface area (Å²) < 4.78 is 6.84. The number of thiophene rings is 1. The Labute approximate surface area is 133 Å². The number of benzene rings is 1. The normalized spacial score (nSPS) is 12.5. The number of nitrogens with one attached hydrogen (secondary N) is 1. The number of ether oxygens (including phenoxy) is 1. The van der Waals surface area contributed by atoms with Gasteiger partial charge in [0, 0.05) is 10.4 Å². The summed E-state index contributed by atoms with van der Waals surface area (Å²) in [5.41, 5.74) is 4.92. The van der Waals surface area contributed by atoms with Crippen LogP contribution in [0.1, 0.15) is 33.2 Å². The van der Waals surface area contributed by atoms with Crippen molar-refractivity contribution in [2.45, 2.75) is 26.8 Å². The molecular weight excluding hydrogens is 334 g/mol. The van der Waals surface area contributed by atoms with Crippen LogP contribution in [0.2, 0.25) is 0 Å². The fourth-order valence-electron chi connectivity index (χ4n) is 2.39. The van der Waals surface area contributed by atoms with Crippen LogP contribution in [0, 0.1) is 20.8 Å². The lowest BCUT2D eigenvalue weighted by molar-refractivity contribution is 0.402. The van der Waals surface area contributed by atoms with Gasteiger partial charge in [0.05, 0.1) is 16.9 Å². The van der Waals surface area contributed by atoms with E-state index in [2.05, 4.69) is 60.2 Å². The van der Waals surface area contributed by atoms with Crippen molar-refractivity contribution in [3.63, 3.8) is 0 Å². The summed E-state index contributed by atoms with van der Waals surface area (Å²) in [6.45, 7) is 6.34. The Morgan fingerprint density at radius 1 is 1.20 bits per heavy atom. The smallest absolute Gasteiger partial charge is 0.127 e. The average Bonchev–Trinajstić information content (AvgIpc) is 2.75. The molecule has 0 aliphatic heterocycles. The number of aryl methyl sites for hydroxylation is 2. The molecule has 2 rings (SSSR count). The van der Waals surface area contributed by atoms with Gasteiger partial charge in [-0.2, -0.15) is 0 Å². The molecular formula is C16H20BrNOS. The zero-order valence-corrected chi connectivity index (χ0v) is 14.9. The van der Waals surface area contributed by atoms with Gasteiger partial charge in [-0.3, -0.25) is 0 Å². The third-order valence-electron chi connectivity index (χ3n) is 3.67. The Balaban J connectivity index is 2.55. The second-order valence-corrected chi connectivity index (χ2v) is 7.36. The molecule has 1 aromatic carbocycles. The molecule has 0 aliphatic carbocycles. The number of halogens is 1. The van der Waals surface area contributed by atoms with Crippen LogP contribution in [0.25, 0.3) is 0 Å². The predicted molar refractivity (Wildman–Crippen MR) is 90.1 cm³/mol. The third-order valence-corrected chi connectivity index (χ3v) is 5.87. The van der Waals surface area contributed by atoms with Crippen LogP contribution < -0.4 is 10.1 Å². The van der Waals surface area contributed by atoms with E-state index in [0.29, 0.717) is 0 Å². The number of hydrogen-bond donors (Lipinski definition) is 1. The molecule has 1 N–H and O–H groups in total. The average molecular weight is 354 g/mol. The highest BCUT2D eigenvalue weighted by molar-refractivity contribution is 9.11. The lowest BCUT2D eigenvalue weighted by Crippen LogP contribution is -2.18. The molecule has 1 atom stereocenters. The standard InChI is InChI=1S/C16H20BrNOS/c1-9-6-7-12(15(19-5)11(9)3)14(18-4)13-8-10(2)16(17)20-13/h6-8,14,18H,1-5H3. The van der Waals surface area contributed by atoms with E-state index in [1.165, 1.54) is 30.9 Å². The molecule has 1 aromatic heterocycles. The van der Waals surface area contributed by atoms with Crippen LogP contribution >= 0.6 is 27.3 Å². The van der Waals surface area contributed by atoms with E-state index in [4.69, 9.17) is 4.74 Å². The van der Waals surface area contributed by atoms with Gasteiger partial charge in [-0.25, -0.2) is 0 Å². The molecule has 1 heterocycles. The quantitative estimate of drug-likeness (QED) is 0.855. The first-order chi connectivity index (χ1) is 9.49. The largest absolute Gasteiger partial charge is 0.496 e. The van der Waals surface area contributed by atoms with Gasteiger partial charge in [-0.05, 0) is 66.5 Å². The Hall–Kier alpha value is -0.840. The Bertz CT molecular complexity index is 602. The third kappa shape index (κ3) is 2.78. The zero-order chi connectivity index (χ0) is 14.9. The van der Waals surface area contributed by atoms with E-state index in [-0.39, 0.29) is 6.04 Å². The first-order valence-corrected chi connectivity index (χ1v) is 8.17. The van der Waals surface area contributed by atoms with Gasteiger partial charge < -0.3 is 10.1 Å². The Morgan fingerprint density at radius 2 is 1.90 bits per heavy atom. The van der Waals surface area contributed by atoms with Crippen LogP contribution in [0.5, 0.6) is 5.75 Å². The fraction of sp³-hybridized carbons (Fsp3) is 0.375. The van der Waals surface area contributed by atoms with E-state index in [1.54, 1.807) is 18.4 Å². The Kier molecular flexibility index (Phi) is 4.89. The first-order valence-electron chi connectivity index (χ1n) is 6.56. The van der Waals surface area contributed by atoms with Gasteiger partial charge in [-0.15, -0.1) is 11.3 Å². The second kappa shape index (κ2) is 6.29. The molecule has 0 bridgehead atoms. The van der Waals surface area contributed by atoms with Gasteiger partial charge in [0.25, 0.3) is 0 Å². The number of rotatable bonds is 4. The summed E-state index contributed by atoms with van der Waals surface area (Å²) in [5, 5.41) is 3.41. The number of hydrogen-bond acceptors (Lipinski definition) is 3. The summed E-state index contributed by atoms with van der Waals surface area (Å²) in [5.74, 6) is 0.978. The minimum Gasteiger partial charge on any atom is -0.496 e. The molecule has 2 aromatic rings. The Morgan fingerprint density at radius 3 is 2.40 bits per heavy atom.